The summed E-state index contributed by atoms with van der Waals surface area (Å²) in [7, 11) is 0. The van der Waals surface area contributed by atoms with Crippen molar-refractivity contribution in [2.24, 2.45) is 0 Å². The molecule has 25 heavy (non-hydrogen) atoms. The Bertz CT molecular complexity index is 819. The molecule has 0 fully saturated rings. The highest BCUT2D eigenvalue weighted by molar-refractivity contribution is 8.00. The van der Waals surface area contributed by atoms with Crippen LogP contribution in [-0.2, 0) is 9.59 Å². The first-order valence-electron chi connectivity index (χ1n) is 7.65. The molecule has 1 aromatic carbocycles. The number of hydrogen-bond acceptors (Lipinski definition) is 5. The Morgan fingerprint density at radius 1 is 1.08 bits per heavy atom. The number of rotatable bonds is 6. The Hall–Kier alpha value is -2.72. The Morgan fingerprint density at radius 3 is 2.28 bits per heavy atom. The van der Waals surface area contributed by atoms with Crippen molar-refractivity contribution in [2.45, 2.75) is 20.8 Å². The summed E-state index contributed by atoms with van der Waals surface area (Å²) in [6.07, 6.45) is 0. The van der Waals surface area contributed by atoms with E-state index in [4.69, 9.17) is 9.68 Å². The van der Waals surface area contributed by atoms with E-state index in [0.29, 0.717) is 16.9 Å². The zero-order chi connectivity index (χ0) is 18.4. The molecule has 0 saturated carbocycles. The first-order valence-corrected chi connectivity index (χ1v) is 8.80. The molecular formula is C18H19N3O3S. The largest absolute Gasteiger partial charge is 0.444 e. The van der Waals surface area contributed by atoms with Gasteiger partial charge in [-0.25, -0.2) is 0 Å². The number of nitriles is 1. The van der Waals surface area contributed by atoms with Gasteiger partial charge in [0.25, 0.3) is 0 Å². The molecule has 0 unspecified atom stereocenters. The Kier molecular flexibility index (Phi) is 6.25. The zero-order valence-electron chi connectivity index (χ0n) is 14.3. The minimum absolute atomic E-state index is 0.0883. The van der Waals surface area contributed by atoms with E-state index in [1.54, 1.807) is 13.8 Å². The summed E-state index contributed by atoms with van der Waals surface area (Å²) in [5, 5.41) is 14.5. The van der Waals surface area contributed by atoms with E-state index in [1.807, 2.05) is 37.3 Å². The molecule has 0 aliphatic rings. The van der Waals surface area contributed by atoms with Gasteiger partial charge in [0.15, 0.2) is 0 Å². The summed E-state index contributed by atoms with van der Waals surface area (Å²) in [6, 6.07) is 9.50. The third-order valence-corrected chi connectivity index (χ3v) is 4.48. The highest BCUT2D eigenvalue weighted by Crippen LogP contribution is 2.25. The lowest BCUT2D eigenvalue weighted by Gasteiger charge is -2.06. The van der Waals surface area contributed by atoms with Gasteiger partial charge in [-0.1, -0.05) is 17.7 Å². The first-order chi connectivity index (χ1) is 11.9. The minimum atomic E-state index is -0.321. The standard InChI is InChI=1S/C18H19N3O3S/c1-11-4-6-14(7-5-11)20-16(22)9-25-10-17(23)21-18-15(8-19)12(2)13(3)24-18/h4-7H,9-10H2,1-3H3,(H,20,22)(H,21,23). The molecule has 0 aliphatic carbocycles. The molecule has 0 bridgehead atoms. The quantitative estimate of drug-likeness (QED) is 0.826. The second-order valence-corrected chi connectivity index (χ2v) is 6.54. The number of aryl methyl sites for hydroxylation is 2. The fourth-order valence-electron chi connectivity index (χ4n) is 2.08. The van der Waals surface area contributed by atoms with Crippen LogP contribution < -0.4 is 10.6 Å². The average molecular weight is 357 g/mol. The third-order valence-electron chi connectivity index (χ3n) is 3.55. The molecule has 1 aromatic heterocycles. The van der Waals surface area contributed by atoms with Crippen molar-refractivity contribution in [3.05, 3.63) is 46.7 Å². The van der Waals surface area contributed by atoms with E-state index in [2.05, 4.69) is 10.6 Å². The van der Waals surface area contributed by atoms with Crippen LogP contribution in [0.3, 0.4) is 0 Å². The molecule has 130 valence electrons. The number of amides is 2. The van der Waals surface area contributed by atoms with Crippen molar-refractivity contribution >= 4 is 35.1 Å². The second kappa shape index (κ2) is 8.40. The van der Waals surface area contributed by atoms with E-state index < -0.39 is 0 Å². The van der Waals surface area contributed by atoms with Crippen molar-refractivity contribution in [2.75, 3.05) is 22.1 Å². The van der Waals surface area contributed by atoms with Gasteiger partial charge in [0.1, 0.15) is 17.4 Å². The fourth-order valence-corrected chi connectivity index (χ4v) is 2.70. The van der Waals surface area contributed by atoms with Gasteiger partial charge in [-0.15, -0.1) is 11.8 Å². The van der Waals surface area contributed by atoms with Crippen molar-refractivity contribution in [1.29, 1.82) is 5.26 Å². The van der Waals surface area contributed by atoms with Crippen LogP contribution in [0.15, 0.2) is 28.7 Å². The molecule has 1 heterocycles. The van der Waals surface area contributed by atoms with Gasteiger partial charge in [0.2, 0.25) is 17.7 Å². The molecule has 0 aliphatic heterocycles. The number of carbonyl (C=O) groups excluding carboxylic acids is 2. The fraction of sp³-hybridized carbons (Fsp3) is 0.278. The van der Waals surface area contributed by atoms with Crippen LogP contribution in [-0.4, -0.2) is 23.3 Å². The highest BCUT2D eigenvalue weighted by Gasteiger charge is 2.16. The van der Waals surface area contributed by atoms with E-state index in [1.165, 1.54) is 11.8 Å². The molecule has 0 atom stereocenters. The number of nitrogens with zero attached hydrogens (tertiary/aromatic N) is 1. The molecule has 7 heteroatoms. The maximum absolute atomic E-state index is 11.9. The number of nitrogens with one attached hydrogen (secondary N) is 2. The number of benzene rings is 1. The molecule has 2 amide bonds. The summed E-state index contributed by atoms with van der Waals surface area (Å²) in [4.78, 5) is 23.8. The molecule has 0 saturated heterocycles. The lowest BCUT2D eigenvalue weighted by atomic mass is 10.2. The summed E-state index contributed by atoms with van der Waals surface area (Å²) in [5.41, 5.74) is 2.88. The molecule has 2 N–H and O–H groups in total. The topological polar surface area (TPSA) is 95.1 Å². The molecule has 0 spiro atoms. The number of carbonyl (C=O) groups is 2. The summed E-state index contributed by atoms with van der Waals surface area (Å²) in [5.74, 6) is 0.500. The molecule has 0 radical (unpaired) electrons. The van der Waals surface area contributed by atoms with Crippen molar-refractivity contribution in [3.8, 4) is 6.07 Å². The van der Waals surface area contributed by atoms with E-state index in [-0.39, 0.29) is 29.2 Å². The van der Waals surface area contributed by atoms with Crippen LogP contribution in [0, 0.1) is 32.1 Å². The Morgan fingerprint density at radius 2 is 1.68 bits per heavy atom. The van der Waals surface area contributed by atoms with Crippen molar-refractivity contribution in [1.82, 2.24) is 0 Å². The molecule has 2 rings (SSSR count). The van der Waals surface area contributed by atoms with Crippen LogP contribution in [0.5, 0.6) is 0 Å². The SMILES string of the molecule is Cc1ccc(NC(=O)CSCC(=O)Nc2oc(C)c(C)c2C#N)cc1. The van der Waals surface area contributed by atoms with E-state index in [9.17, 15) is 9.59 Å². The van der Waals surface area contributed by atoms with Crippen LogP contribution >= 0.6 is 11.8 Å². The van der Waals surface area contributed by atoms with Gasteiger partial charge in [-0.05, 0) is 32.9 Å². The minimum Gasteiger partial charge on any atom is -0.444 e. The van der Waals surface area contributed by atoms with Gasteiger partial charge >= 0.3 is 0 Å². The molecule has 2 aromatic rings. The lowest BCUT2D eigenvalue weighted by molar-refractivity contribution is -0.114. The summed E-state index contributed by atoms with van der Waals surface area (Å²) in [6.45, 7) is 5.47. The summed E-state index contributed by atoms with van der Waals surface area (Å²) < 4.78 is 5.38. The van der Waals surface area contributed by atoms with Crippen LogP contribution in [0.25, 0.3) is 0 Å². The van der Waals surface area contributed by atoms with E-state index in [0.717, 1.165) is 11.3 Å². The van der Waals surface area contributed by atoms with Crippen LogP contribution in [0.4, 0.5) is 11.6 Å². The van der Waals surface area contributed by atoms with Gasteiger partial charge in [-0.2, -0.15) is 5.26 Å². The monoisotopic (exact) mass is 357 g/mol. The molecular weight excluding hydrogens is 338 g/mol. The second-order valence-electron chi connectivity index (χ2n) is 5.55. The van der Waals surface area contributed by atoms with Crippen molar-refractivity contribution < 1.29 is 14.0 Å². The maximum atomic E-state index is 11.9. The predicted octanol–water partition coefficient (Wildman–Crippen LogP) is 3.39. The number of furan rings is 1. The maximum Gasteiger partial charge on any atom is 0.236 e. The zero-order valence-corrected chi connectivity index (χ0v) is 15.1. The highest BCUT2D eigenvalue weighted by atomic mass is 32.2. The van der Waals surface area contributed by atoms with Gasteiger partial charge < -0.3 is 9.73 Å². The number of anilines is 2. The van der Waals surface area contributed by atoms with Gasteiger partial charge in [-0.3, -0.25) is 14.9 Å². The normalized spacial score (nSPS) is 10.2. The van der Waals surface area contributed by atoms with Crippen LogP contribution in [0.1, 0.15) is 22.5 Å². The Labute approximate surface area is 150 Å². The van der Waals surface area contributed by atoms with Crippen LogP contribution in [0.2, 0.25) is 0 Å². The predicted molar refractivity (Wildman–Crippen MR) is 98.7 cm³/mol. The molecule has 6 nitrogen and oxygen atoms in total. The number of thioether (sulfide) groups is 1. The lowest BCUT2D eigenvalue weighted by Crippen LogP contribution is -2.18. The van der Waals surface area contributed by atoms with Gasteiger partial charge in [0, 0.05) is 11.3 Å². The van der Waals surface area contributed by atoms with E-state index >= 15 is 0 Å². The Balaban J connectivity index is 1.79. The average Bonchev–Trinajstić information content (AvgIpc) is 2.83. The summed E-state index contributed by atoms with van der Waals surface area (Å²) >= 11 is 1.19. The number of hydrogen-bond donors (Lipinski definition) is 2. The van der Waals surface area contributed by atoms with Gasteiger partial charge in [0.05, 0.1) is 11.5 Å². The van der Waals surface area contributed by atoms with Crippen molar-refractivity contribution in [3.63, 3.8) is 0 Å². The first kappa shape index (κ1) is 18.6. The smallest absolute Gasteiger partial charge is 0.236 e. The third kappa shape index (κ3) is 5.13.